The highest BCUT2D eigenvalue weighted by Gasteiger charge is 1.93. The molecule has 0 saturated heterocycles. The van der Waals surface area contributed by atoms with Crippen molar-refractivity contribution in [1.82, 2.24) is 0 Å². The Morgan fingerprint density at radius 3 is 2.19 bits per heavy atom. The monoisotopic (exact) mass is 249 g/mol. The van der Waals surface area contributed by atoms with Crippen LogP contribution in [-0.4, -0.2) is 45.1 Å². The molecule has 0 aromatic rings. The molecule has 0 atom stereocenters. The zero-order valence-electron chi connectivity index (χ0n) is 10.1. The first kappa shape index (κ1) is 15.8. The zero-order valence-corrected chi connectivity index (χ0v) is 10.9. The molecule has 5 heteroatoms. The first-order valence-corrected chi connectivity index (χ1v) is 6.11. The van der Waals surface area contributed by atoms with Crippen molar-refractivity contribution in [1.29, 1.82) is 0 Å². The molecule has 0 fully saturated rings. The molecule has 16 heavy (non-hydrogen) atoms. The van der Waals surface area contributed by atoms with Gasteiger partial charge in [0.2, 0.25) is 0 Å². The van der Waals surface area contributed by atoms with Crippen LogP contribution in [0.5, 0.6) is 0 Å². The average Bonchev–Trinajstić information content (AvgIpc) is 2.25. The van der Waals surface area contributed by atoms with Gasteiger partial charge in [-0.1, -0.05) is 12.2 Å². The van der Waals surface area contributed by atoms with Gasteiger partial charge in [0.05, 0.1) is 18.2 Å². The maximum absolute atomic E-state index is 5.43. The molecular formula is C11H23NO3S. The summed E-state index contributed by atoms with van der Waals surface area (Å²) in [6.07, 6.45) is 3.78. The van der Waals surface area contributed by atoms with E-state index in [1.807, 2.05) is 0 Å². The number of thiocarbonyl (C=S) groups is 1. The molecule has 0 rings (SSSR count). The third kappa shape index (κ3) is 13.8. The second kappa shape index (κ2) is 12.8. The van der Waals surface area contributed by atoms with Gasteiger partial charge in [-0.25, -0.2) is 0 Å². The summed E-state index contributed by atoms with van der Waals surface area (Å²) in [7, 11) is 1.67. The minimum atomic E-state index is 0.589. The summed E-state index contributed by atoms with van der Waals surface area (Å²) in [4.78, 5) is 0.589. The molecule has 2 N–H and O–H groups in total. The Balaban J connectivity index is 2.90. The molecule has 0 aromatic heterocycles. The van der Waals surface area contributed by atoms with Crippen molar-refractivity contribution in [3.63, 3.8) is 0 Å². The number of hydrogen-bond donors (Lipinski definition) is 1. The molecule has 0 aliphatic heterocycles. The molecule has 4 nitrogen and oxygen atoms in total. The van der Waals surface area contributed by atoms with Crippen LogP contribution in [0, 0.1) is 0 Å². The predicted octanol–water partition coefficient (Wildman–Crippen LogP) is 1.51. The second-order valence-electron chi connectivity index (χ2n) is 3.49. The molecule has 0 radical (unpaired) electrons. The van der Waals surface area contributed by atoms with Gasteiger partial charge < -0.3 is 19.9 Å². The van der Waals surface area contributed by atoms with Crippen molar-refractivity contribution in [3.05, 3.63) is 0 Å². The summed E-state index contributed by atoms with van der Waals surface area (Å²) in [5.74, 6) is 0. The SMILES string of the molecule is COCCOCCCOCCCCC(N)=S. The van der Waals surface area contributed by atoms with Gasteiger partial charge in [-0.15, -0.1) is 0 Å². The van der Waals surface area contributed by atoms with E-state index in [-0.39, 0.29) is 0 Å². The standard InChI is InChI=1S/C11H23NO3S/c1-13-9-10-15-8-4-7-14-6-3-2-5-11(12)16/h2-10H2,1H3,(H2,12,16). The third-order valence-corrected chi connectivity index (χ3v) is 2.18. The lowest BCUT2D eigenvalue weighted by molar-refractivity contribution is 0.0509. The van der Waals surface area contributed by atoms with E-state index in [0.29, 0.717) is 18.2 Å². The highest BCUT2D eigenvalue weighted by molar-refractivity contribution is 7.80. The van der Waals surface area contributed by atoms with Gasteiger partial charge in [0, 0.05) is 26.9 Å². The fourth-order valence-corrected chi connectivity index (χ4v) is 1.26. The molecule has 0 aliphatic rings. The molecular weight excluding hydrogens is 226 g/mol. The lowest BCUT2D eigenvalue weighted by Crippen LogP contribution is -2.08. The van der Waals surface area contributed by atoms with Crippen molar-refractivity contribution in [3.8, 4) is 0 Å². The Labute approximate surface area is 103 Å². The maximum Gasteiger partial charge on any atom is 0.0727 e. The van der Waals surface area contributed by atoms with Crippen molar-refractivity contribution >= 4 is 17.2 Å². The summed E-state index contributed by atoms with van der Waals surface area (Å²) >= 11 is 4.78. The van der Waals surface area contributed by atoms with E-state index in [1.165, 1.54) is 0 Å². The van der Waals surface area contributed by atoms with Gasteiger partial charge in [-0.3, -0.25) is 0 Å². The lowest BCUT2D eigenvalue weighted by atomic mass is 10.2. The maximum atomic E-state index is 5.43. The molecule has 0 spiro atoms. The molecule has 96 valence electrons. The van der Waals surface area contributed by atoms with Gasteiger partial charge in [0.15, 0.2) is 0 Å². The average molecular weight is 249 g/mol. The third-order valence-electron chi connectivity index (χ3n) is 1.97. The van der Waals surface area contributed by atoms with Gasteiger partial charge in [-0.2, -0.15) is 0 Å². The number of nitrogens with two attached hydrogens (primary N) is 1. The summed E-state index contributed by atoms with van der Waals surface area (Å²) < 4.78 is 15.6. The molecule has 0 amide bonds. The van der Waals surface area contributed by atoms with E-state index in [2.05, 4.69) is 0 Å². The van der Waals surface area contributed by atoms with Crippen LogP contribution in [0.4, 0.5) is 0 Å². The highest BCUT2D eigenvalue weighted by Crippen LogP contribution is 1.96. The van der Waals surface area contributed by atoms with Crippen LogP contribution in [-0.2, 0) is 14.2 Å². The topological polar surface area (TPSA) is 53.7 Å². The summed E-state index contributed by atoms with van der Waals surface area (Å²) in [5, 5.41) is 0. The van der Waals surface area contributed by atoms with Crippen molar-refractivity contribution in [2.45, 2.75) is 25.7 Å². The second-order valence-corrected chi connectivity index (χ2v) is 4.02. The van der Waals surface area contributed by atoms with Gasteiger partial charge >= 0.3 is 0 Å². The molecule has 0 aromatic carbocycles. The zero-order chi connectivity index (χ0) is 12.1. The van der Waals surface area contributed by atoms with Crippen LogP contribution < -0.4 is 5.73 Å². The summed E-state index contributed by atoms with van der Waals surface area (Å²) in [6.45, 7) is 3.57. The minimum absolute atomic E-state index is 0.589. The Hall–Kier alpha value is -0.230. The minimum Gasteiger partial charge on any atom is -0.393 e. The largest absolute Gasteiger partial charge is 0.393 e. The van der Waals surface area contributed by atoms with E-state index in [9.17, 15) is 0 Å². The predicted molar refractivity (Wildman–Crippen MR) is 68.8 cm³/mol. The Bertz CT molecular complexity index is 167. The molecule has 0 bridgehead atoms. The quantitative estimate of drug-likeness (QED) is 0.420. The first-order chi connectivity index (χ1) is 7.77. The van der Waals surface area contributed by atoms with Crippen LogP contribution in [0.1, 0.15) is 25.7 Å². The summed E-state index contributed by atoms with van der Waals surface area (Å²) in [6, 6.07) is 0. The number of ether oxygens (including phenoxy) is 3. The number of rotatable bonds is 12. The van der Waals surface area contributed by atoms with Crippen LogP contribution >= 0.6 is 12.2 Å². The fraction of sp³-hybridized carbons (Fsp3) is 0.909. The Morgan fingerprint density at radius 2 is 1.56 bits per heavy atom. The van der Waals surface area contributed by atoms with Crippen molar-refractivity contribution in [2.24, 2.45) is 5.73 Å². The van der Waals surface area contributed by atoms with E-state index in [1.54, 1.807) is 7.11 Å². The van der Waals surface area contributed by atoms with E-state index >= 15 is 0 Å². The number of methoxy groups -OCH3 is 1. The van der Waals surface area contributed by atoms with Crippen molar-refractivity contribution in [2.75, 3.05) is 40.1 Å². The molecule has 0 aliphatic carbocycles. The smallest absolute Gasteiger partial charge is 0.0727 e. The van der Waals surface area contributed by atoms with E-state index < -0.39 is 0 Å². The summed E-state index contributed by atoms with van der Waals surface area (Å²) in [5.41, 5.74) is 5.38. The van der Waals surface area contributed by atoms with E-state index in [0.717, 1.165) is 45.5 Å². The van der Waals surface area contributed by atoms with Crippen LogP contribution in [0.3, 0.4) is 0 Å². The molecule has 0 saturated carbocycles. The Kier molecular flexibility index (Phi) is 12.7. The highest BCUT2D eigenvalue weighted by atomic mass is 32.1. The number of unbranched alkanes of at least 4 members (excludes halogenated alkanes) is 1. The van der Waals surface area contributed by atoms with Gasteiger partial charge in [0.25, 0.3) is 0 Å². The Morgan fingerprint density at radius 1 is 0.938 bits per heavy atom. The van der Waals surface area contributed by atoms with Crippen LogP contribution in [0.25, 0.3) is 0 Å². The normalized spacial score (nSPS) is 10.6. The van der Waals surface area contributed by atoms with E-state index in [4.69, 9.17) is 32.2 Å². The van der Waals surface area contributed by atoms with Crippen LogP contribution in [0.15, 0.2) is 0 Å². The first-order valence-electron chi connectivity index (χ1n) is 5.70. The lowest BCUT2D eigenvalue weighted by Gasteiger charge is -2.05. The fourth-order valence-electron chi connectivity index (χ4n) is 1.11. The van der Waals surface area contributed by atoms with Crippen molar-refractivity contribution < 1.29 is 14.2 Å². The molecule has 0 unspecified atom stereocenters. The van der Waals surface area contributed by atoms with Gasteiger partial charge in [0.1, 0.15) is 0 Å². The number of hydrogen-bond acceptors (Lipinski definition) is 4. The van der Waals surface area contributed by atoms with Crippen LogP contribution in [0.2, 0.25) is 0 Å². The molecule has 0 heterocycles. The van der Waals surface area contributed by atoms with Gasteiger partial charge in [-0.05, 0) is 25.7 Å².